The number of benzene rings is 3. The molecule has 3 aromatic carbocycles. The number of ether oxygens (including phenoxy) is 1. The van der Waals surface area contributed by atoms with E-state index in [2.05, 4.69) is 36.4 Å². The molecule has 7 nitrogen and oxygen atoms in total. The number of urea groups is 1. The Morgan fingerprint density at radius 1 is 0.833 bits per heavy atom. The maximum Gasteiger partial charge on any atom is 0.326 e. The van der Waals surface area contributed by atoms with E-state index in [1.54, 1.807) is 4.90 Å². The van der Waals surface area contributed by atoms with E-state index in [1.807, 2.05) is 86.6 Å². The van der Waals surface area contributed by atoms with E-state index in [-0.39, 0.29) is 18.6 Å². The average Bonchev–Trinajstić information content (AvgIpc) is 3.37. The van der Waals surface area contributed by atoms with Crippen molar-refractivity contribution < 1.29 is 19.4 Å². The zero-order valence-corrected chi connectivity index (χ0v) is 24.1. The van der Waals surface area contributed by atoms with Gasteiger partial charge < -0.3 is 19.6 Å². The number of carbonyl (C=O) groups excluding carboxylic acids is 1. The lowest BCUT2D eigenvalue weighted by Gasteiger charge is -2.36. The summed E-state index contributed by atoms with van der Waals surface area (Å²) < 4.78 is 6.92. The van der Waals surface area contributed by atoms with Gasteiger partial charge >= 0.3 is 12.0 Å². The van der Waals surface area contributed by atoms with Crippen molar-refractivity contribution in [2.45, 2.75) is 45.1 Å². The molecule has 1 aromatic heterocycles. The smallest absolute Gasteiger partial charge is 0.326 e. The first-order valence-corrected chi connectivity index (χ1v) is 14.5. The zero-order chi connectivity index (χ0) is 29.5. The Labute approximate surface area is 247 Å². The Bertz CT molecular complexity index is 1380. The fourth-order valence-corrected chi connectivity index (χ4v) is 5.76. The maximum absolute atomic E-state index is 13.2. The van der Waals surface area contributed by atoms with Crippen LogP contribution in [0.2, 0.25) is 0 Å². The summed E-state index contributed by atoms with van der Waals surface area (Å²) in [5, 5.41) is 9.80. The topological polar surface area (TPSA) is 83.0 Å². The summed E-state index contributed by atoms with van der Waals surface area (Å²) >= 11 is 0. The van der Waals surface area contributed by atoms with Crippen LogP contribution in [0.4, 0.5) is 4.79 Å². The Morgan fingerprint density at radius 3 is 1.86 bits per heavy atom. The minimum atomic E-state index is -0.962. The van der Waals surface area contributed by atoms with Gasteiger partial charge in [0.1, 0.15) is 11.6 Å². The lowest BCUT2D eigenvalue weighted by molar-refractivity contribution is -0.143. The molecule has 4 aromatic rings. The van der Waals surface area contributed by atoms with Crippen molar-refractivity contribution in [2.75, 3.05) is 13.1 Å². The van der Waals surface area contributed by atoms with Crippen LogP contribution < -0.4 is 0 Å². The van der Waals surface area contributed by atoms with Crippen molar-refractivity contribution in [3.05, 3.63) is 137 Å². The van der Waals surface area contributed by atoms with Crippen LogP contribution >= 0.6 is 0 Å². The molecular weight excluding hydrogens is 526 g/mol. The van der Waals surface area contributed by atoms with E-state index < -0.39 is 17.6 Å². The highest BCUT2D eigenvalue weighted by molar-refractivity contribution is 5.84. The van der Waals surface area contributed by atoms with Gasteiger partial charge in [-0.25, -0.2) is 9.59 Å². The molecule has 0 bridgehead atoms. The Kier molecular flexibility index (Phi) is 8.98. The van der Waals surface area contributed by atoms with Gasteiger partial charge in [0, 0.05) is 13.1 Å². The van der Waals surface area contributed by atoms with Gasteiger partial charge in [0.2, 0.25) is 0 Å². The number of hydrogen-bond donors (Lipinski definition) is 1. The molecule has 216 valence electrons. The summed E-state index contributed by atoms with van der Waals surface area (Å²) in [4.78, 5) is 33.2. The zero-order valence-electron chi connectivity index (χ0n) is 24.1. The molecule has 1 saturated heterocycles. The van der Waals surface area contributed by atoms with Crippen LogP contribution in [0.3, 0.4) is 0 Å². The van der Waals surface area contributed by atoms with E-state index in [1.165, 1.54) is 4.90 Å². The molecule has 0 saturated carbocycles. The van der Waals surface area contributed by atoms with Crippen molar-refractivity contribution in [2.24, 2.45) is 5.92 Å². The highest BCUT2D eigenvalue weighted by Crippen LogP contribution is 2.41. The van der Waals surface area contributed by atoms with Gasteiger partial charge in [-0.05, 0) is 34.7 Å². The van der Waals surface area contributed by atoms with E-state index in [0.29, 0.717) is 26.1 Å². The molecule has 2 heterocycles. The molecule has 1 aliphatic heterocycles. The summed E-state index contributed by atoms with van der Waals surface area (Å²) in [5.74, 6) is -1.10. The summed E-state index contributed by atoms with van der Waals surface area (Å²) in [6.45, 7) is 5.20. The fraction of sp³-hybridized carbons (Fsp3) is 0.286. The summed E-state index contributed by atoms with van der Waals surface area (Å²) in [7, 11) is 0. The van der Waals surface area contributed by atoms with Crippen LogP contribution in [0.15, 0.2) is 109 Å². The Balaban J connectivity index is 1.40. The van der Waals surface area contributed by atoms with Gasteiger partial charge in [0.05, 0.1) is 24.5 Å². The van der Waals surface area contributed by atoms with Gasteiger partial charge in [0.15, 0.2) is 0 Å². The van der Waals surface area contributed by atoms with Crippen LogP contribution in [0.5, 0.6) is 0 Å². The van der Waals surface area contributed by atoms with Gasteiger partial charge in [-0.1, -0.05) is 117 Å². The SMILES string of the molecule is CC[C@H](C)[C@@H](C(=O)O)N1CCN(Cc2cccc(COC(c3ccccc3)(c3ccccc3)c3ccccc3)n2)C1=O. The molecule has 0 aliphatic carbocycles. The second-order valence-corrected chi connectivity index (χ2v) is 10.8. The lowest BCUT2D eigenvalue weighted by Crippen LogP contribution is -2.47. The van der Waals surface area contributed by atoms with Gasteiger partial charge in [0.25, 0.3) is 0 Å². The number of nitrogens with zero attached hydrogens (tertiary/aromatic N) is 3. The lowest BCUT2D eigenvalue weighted by atomic mass is 9.80. The van der Waals surface area contributed by atoms with Crippen molar-refractivity contribution in [3.8, 4) is 0 Å². The maximum atomic E-state index is 13.2. The van der Waals surface area contributed by atoms with E-state index in [0.717, 1.165) is 28.1 Å². The molecule has 2 amide bonds. The third-order valence-electron chi connectivity index (χ3n) is 8.09. The summed E-state index contributed by atoms with van der Waals surface area (Å²) in [6, 6.07) is 35.2. The number of carboxylic acid groups (broad SMARTS) is 1. The molecule has 0 spiro atoms. The second kappa shape index (κ2) is 13.0. The number of aromatic nitrogens is 1. The third-order valence-corrected chi connectivity index (χ3v) is 8.09. The monoisotopic (exact) mass is 563 g/mol. The van der Waals surface area contributed by atoms with Gasteiger partial charge in [-0.2, -0.15) is 0 Å². The predicted molar refractivity (Wildman–Crippen MR) is 162 cm³/mol. The first-order chi connectivity index (χ1) is 20.4. The number of aliphatic carboxylic acids is 1. The molecule has 1 N–H and O–H groups in total. The van der Waals surface area contributed by atoms with Crippen molar-refractivity contribution >= 4 is 12.0 Å². The Morgan fingerprint density at radius 2 is 1.36 bits per heavy atom. The van der Waals surface area contributed by atoms with Crippen LogP contribution in [0.1, 0.15) is 48.3 Å². The van der Waals surface area contributed by atoms with Crippen molar-refractivity contribution in [1.29, 1.82) is 0 Å². The summed E-state index contributed by atoms with van der Waals surface area (Å²) in [6.07, 6.45) is 0.681. The number of hydrogen-bond acceptors (Lipinski definition) is 4. The van der Waals surface area contributed by atoms with Crippen LogP contribution in [0, 0.1) is 5.92 Å². The summed E-state index contributed by atoms with van der Waals surface area (Å²) in [5.41, 5.74) is 3.63. The quantitative estimate of drug-likeness (QED) is 0.204. The first kappa shape index (κ1) is 29.0. The van der Waals surface area contributed by atoms with E-state index in [4.69, 9.17) is 9.72 Å². The number of rotatable bonds is 12. The molecule has 42 heavy (non-hydrogen) atoms. The van der Waals surface area contributed by atoms with Gasteiger partial charge in [-0.15, -0.1) is 0 Å². The fourth-order valence-electron chi connectivity index (χ4n) is 5.76. The number of carbonyl (C=O) groups is 2. The van der Waals surface area contributed by atoms with Gasteiger partial charge in [-0.3, -0.25) is 4.98 Å². The molecule has 5 rings (SSSR count). The minimum Gasteiger partial charge on any atom is -0.480 e. The minimum absolute atomic E-state index is 0.135. The molecule has 1 aliphatic rings. The van der Waals surface area contributed by atoms with Crippen LogP contribution in [-0.4, -0.2) is 51.0 Å². The number of carboxylic acids is 1. The largest absolute Gasteiger partial charge is 0.480 e. The molecule has 1 fully saturated rings. The first-order valence-electron chi connectivity index (χ1n) is 14.5. The number of pyridine rings is 1. The van der Waals surface area contributed by atoms with Crippen molar-refractivity contribution in [3.63, 3.8) is 0 Å². The van der Waals surface area contributed by atoms with E-state index in [9.17, 15) is 14.7 Å². The van der Waals surface area contributed by atoms with E-state index >= 15 is 0 Å². The third kappa shape index (κ3) is 5.92. The Hall–Kier alpha value is -4.49. The van der Waals surface area contributed by atoms with Crippen LogP contribution in [0.25, 0.3) is 0 Å². The van der Waals surface area contributed by atoms with Crippen LogP contribution in [-0.2, 0) is 28.3 Å². The molecule has 7 heteroatoms. The highest BCUT2D eigenvalue weighted by atomic mass is 16.5. The van der Waals surface area contributed by atoms with Crippen molar-refractivity contribution in [1.82, 2.24) is 14.8 Å². The second-order valence-electron chi connectivity index (χ2n) is 10.8. The number of amides is 2. The highest BCUT2D eigenvalue weighted by Gasteiger charge is 2.40. The molecular formula is C35H37N3O4. The molecule has 0 radical (unpaired) electrons. The average molecular weight is 564 g/mol. The standard InChI is InChI=1S/C35H37N3O4/c1-3-26(2)32(33(39)40)38-23-22-37(34(38)41)24-30-20-13-21-31(36-30)25-42-35(27-14-7-4-8-15-27,28-16-9-5-10-17-28)29-18-11-6-12-19-29/h4-21,26,32H,3,22-25H2,1-2H3,(H,39,40)/t26-,32-/m0/s1. The normalized spacial score (nSPS) is 15.0. The molecule has 0 unspecified atom stereocenters. The predicted octanol–water partition coefficient (Wildman–Crippen LogP) is 6.33. The molecule has 2 atom stereocenters.